The quantitative estimate of drug-likeness (QED) is 0.846. The molecule has 16 heavy (non-hydrogen) atoms. The van der Waals surface area contributed by atoms with Crippen molar-refractivity contribution >= 4 is 16.5 Å². The van der Waals surface area contributed by atoms with Crippen LogP contribution in [0.25, 0.3) is 0 Å². The van der Waals surface area contributed by atoms with Gasteiger partial charge in [-0.1, -0.05) is 12.1 Å². The molecule has 3 nitrogen and oxygen atoms in total. The van der Waals surface area contributed by atoms with Crippen molar-refractivity contribution in [3.05, 3.63) is 29.8 Å². The second kappa shape index (κ2) is 4.97. The number of anilines is 1. The van der Waals surface area contributed by atoms with Gasteiger partial charge in [-0.05, 0) is 24.6 Å². The van der Waals surface area contributed by atoms with Gasteiger partial charge in [-0.2, -0.15) is 0 Å². The number of nitrogens with zero attached hydrogens (tertiary/aromatic N) is 1. The van der Waals surface area contributed by atoms with E-state index in [1.165, 1.54) is 0 Å². The fourth-order valence-corrected chi connectivity index (χ4v) is 2.91. The summed E-state index contributed by atoms with van der Waals surface area (Å²) in [7, 11) is -0.628. The zero-order chi connectivity index (χ0) is 11.5. The lowest BCUT2D eigenvalue weighted by atomic mass is 10.1. The Morgan fingerprint density at radius 1 is 1.25 bits per heavy atom. The van der Waals surface area contributed by atoms with Gasteiger partial charge in [-0.15, -0.1) is 0 Å². The van der Waals surface area contributed by atoms with E-state index in [0.29, 0.717) is 0 Å². The maximum Gasteiger partial charge on any atom is 0.0761 e. The minimum Gasteiger partial charge on any atom is -0.389 e. The smallest absolute Gasteiger partial charge is 0.0761 e. The minimum absolute atomic E-state index is 0.414. The summed E-state index contributed by atoms with van der Waals surface area (Å²) in [5.74, 6) is 1.52. The molecule has 4 heteroatoms. The molecule has 88 valence electrons. The Balaban J connectivity index is 2.07. The molecule has 1 atom stereocenters. The van der Waals surface area contributed by atoms with Crippen LogP contribution in [-0.4, -0.2) is 33.9 Å². The van der Waals surface area contributed by atoms with Crippen LogP contribution >= 0.6 is 0 Å². The van der Waals surface area contributed by atoms with Crippen LogP contribution in [0.1, 0.15) is 18.6 Å². The molecule has 1 aromatic rings. The lowest BCUT2D eigenvalue weighted by Gasteiger charge is -2.28. The van der Waals surface area contributed by atoms with E-state index >= 15 is 0 Å². The largest absolute Gasteiger partial charge is 0.389 e. The van der Waals surface area contributed by atoms with E-state index in [2.05, 4.69) is 4.90 Å². The minimum atomic E-state index is -0.628. The van der Waals surface area contributed by atoms with Crippen molar-refractivity contribution in [3.63, 3.8) is 0 Å². The SMILES string of the molecule is C[C@H](O)c1ccc(N2CCS(=O)CC2)cc1. The van der Waals surface area contributed by atoms with Crippen LogP contribution in [0.2, 0.25) is 0 Å². The first-order chi connectivity index (χ1) is 7.66. The average Bonchev–Trinajstić information content (AvgIpc) is 2.30. The molecule has 0 radical (unpaired) electrons. The van der Waals surface area contributed by atoms with Crippen molar-refractivity contribution in [2.24, 2.45) is 0 Å². The zero-order valence-corrected chi connectivity index (χ0v) is 10.2. The molecule has 0 aliphatic carbocycles. The van der Waals surface area contributed by atoms with Crippen LogP contribution in [0.3, 0.4) is 0 Å². The standard InChI is InChI=1S/C12H17NO2S/c1-10(14)11-2-4-12(5-3-11)13-6-8-16(15)9-7-13/h2-5,10,14H,6-9H2,1H3/t10-/m0/s1. The van der Waals surface area contributed by atoms with Crippen LogP contribution in [0.4, 0.5) is 5.69 Å². The molecule has 1 aromatic carbocycles. The molecule has 1 aliphatic rings. The second-order valence-corrected chi connectivity index (χ2v) is 5.80. The number of benzene rings is 1. The number of hydrogen-bond donors (Lipinski definition) is 1. The Kier molecular flexibility index (Phi) is 3.61. The van der Waals surface area contributed by atoms with Gasteiger partial charge in [0.15, 0.2) is 0 Å². The summed E-state index contributed by atoms with van der Waals surface area (Å²) < 4.78 is 11.2. The molecular formula is C12H17NO2S. The van der Waals surface area contributed by atoms with E-state index in [4.69, 9.17) is 0 Å². The van der Waals surface area contributed by atoms with Crippen molar-refractivity contribution < 1.29 is 9.32 Å². The number of aliphatic hydroxyl groups excluding tert-OH is 1. The summed E-state index contributed by atoms with van der Waals surface area (Å²) in [4.78, 5) is 2.24. The molecule has 1 N–H and O–H groups in total. The number of hydrogen-bond acceptors (Lipinski definition) is 3. The highest BCUT2D eigenvalue weighted by molar-refractivity contribution is 7.85. The zero-order valence-electron chi connectivity index (χ0n) is 9.43. The normalized spacial score (nSPS) is 19.8. The van der Waals surface area contributed by atoms with E-state index in [1.54, 1.807) is 6.92 Å². The molecule has 0 spiro atoms. The van der Waals surface area contributed by atoms with E-state index in [0.717, 1.165) is 35.8 Å². The summed E-state index contributed by atoms with van der Waals surface area (Å²) in [6.07, 6.45) is -0.414. The van der Waals surface area contributed by atoms with Crippen molar-refractivity contribution in [2.45, 2.75) is 13.0 Å². The first-order valence-electron chi connectivity index (χ1n) is 5.55. The summed E-state index contributed by atoms with van der Waals surface area (Å²) in [5.41, 5.74) is 2.09. The highest BCUT2D eigenvalue weighted by Gasteiger charge is 2.15. The summed E-state index contributed by atoms with van der Waals surface area (Å²) >= 11 is 0. The van der Waals surface area contributed by atoms with Crippen LogP contribution in [0, 0.1) is 0 Å². The predicted molar refractivity (Wildman–Crippen MR) is 67.2 cm³/mol. The Morgan fingerprint density at radius 2 is 1.81 bits per heavy atom. The van der Waals surface area contributed by atoms with E-state index < -0.39 is 16.9 Å². The summed E-state index contributed by atoms with van der Waals surface area (Å²) in [6.45, 7) is 3.49. The molecule has 0 unspecified atom stereocenters. The summed E-state index contributed by atoms with van der Waals surface area (Å²) in [5, 5.41) is 9.41. The monoisotopic (exact) mass is 239 g/mol. The highest BCUT2D eigenvalue weighted by Crippen LogP contribution is 2.20. The molecule has 0 bridgehead atoms. The number of rotatable bonds is 2. The van der Waals surface area contributed by atoms with Crippen LogP contribution in [0.15, 0.2) is 24.3 Å². The third kappa shape index (κ3) is 2.62. The van der Waals surface area contributed by atoms with Gasteiger partial charge in [-0.3, -0.25) is 4.21 Å². The van der Waals surface area contributed by atoms with Crippen molar-refractivity contribution in [3.8, 4) is 0 Å². The third-order valence-electron chi connectivity index (χ3n) is 2.92. The Morgan fingerprint density at radius 3 is 2.31 bits per heavy atom. The van der Waals surface area contributed by atoms with Gasteiger partial charge in [-0.25, -0.2) is 0 Å². The third-order valence-corrected chi connectivity index (χ3v) is 4.19. The molecule has 1 fully saturated rings. The van der Waals surface area contributed by atoms with E-state index in [1.807, 2.05) is 24.3 Å². The molecule has 0 aromatic heterocycles. The van der Waals surface area contributed by atoms with Crippen LogP contribution < -0.4 is 4.90 Å². The van der Waals surface area contributed by atoms with E-state index in [-0.39, 0.29) is 0 Å². The van der Waals surface area contributed by atoms with Crippen molar-refractivity contribution in [1.29, 1.82) is 0 Å². The molecule has 1 aliphatic heterocycles. The predicted octanol–water partition coefficient (Wildman–Crippen LogP) is 1.31. The Labute approximate surface area is 98.5 Å². The maximum atomic E-state index is 11.2. The van der Waals surface area contributed by atoms with Crippen LogP contribution in [0.5, 0.6) is 0 Å². The molecule has 2 rings (SSSR count). The fourth-order valence-electron chi connectivity index (χ4n) is 1.86. The molecule has 0 saturated carbocycles. The molecule has 1 saturated heterocycles. The Hall–Kier alpha value is -0.870. The number of aliphatic hydroxyl groups is 1. The topological polar surface area (TPSA) is 40.5 Å². The fraction of sp³-hybridized carbons (Fsp3) is 0.500. The van der Waals surface area contributed by atoms with E-state index in [9.17, 15) is 9.32 Å². The molecule has 1 heterocycles. The van der Waals surface area contributed by atoms with Gasteiger partial charge >= 0.3 is 0 Å². The van der Waals surface area contributed by atoms with Crippen molar-refractivity contribution in [1.82, 2.24) is 0 Å². The van der Waals surface area contributed by atoms with Crippen molar-refractivity contribution in [2.75, 3.05) is 29.5 Å². The maximum absolute atomic E-state index is 11.2. The highest BCUT2D eigenvalue weighted by atomic mass is 32.2. The van der Waals surface area contributed by atoms with Gasteiger partial charge in [0.1, 0.15) is 0 Å². The van der Waals surface area contributed by atoms with Gasteiger partial charge < -0.3 is 10.0 Å². The van der Waals surface area contributed by atoms with Gasteiger partial charge in [0, 0.05) is 41.1 Å². The first kappa shape index (κ1) is 11.6. The molecular weight excluding hydrogens is 222 g/mol. The lowest BCUT2D eigenvalue weighted by molar-refractivity contribution is 0.199. The first-order valence-corrected chi connectivity index (χ1v) is 7.03. The van der Waals surface area contributed by atoms with Crippen LogP contribution in [-0.2, 0) is 10.8 Å². The molecule has 0 amide bonds. The van der Waals surface area contributed by atoms with Gasteiger partial charge in [0.05, 0.1) is 6.10 Å². The second-order valence-electron chi connectivity index (χ2n) is 4.10. The Bertz CT molecular complexity index is 365. The summed E-state index contributed by atoms with van der Waals surface area (Å²) in [6, 6.07) is 7.95. The van der Waals surface area contributed by atoms with Gasteiger partial charge in [0.2, 0.25) is 0 Å². The average molecular weight is 239 g/mol. The lowest BCUT2D eigenvalue weighted by Crippen LogP contribution is -2.37. The van der Waals surface area contributed by atoms with Gasteiger partial charge in [0.25, 0.3) is 0 Å².